The molecule has 2 aromatic carbocycles. The van der Waals surface area contributed by atoms with Gasteiger partial charge in [0.15, 0.2) is 10.5 Å². The molecule has 3 rings (SSSR count). The first-order valence-corrected chi connectivity index (χ1v) is 10.6. The van der Waals surface area contributed by atoms with E-state index in [0.717, 1.165) is 16.0 Å². The average Bonchev–Trinajstić information content (AvgIpc) is 2.84. The summed E-state index contributed by atoms with van der Waals surface area (Å²) in [4.78, 5) is 13.8. The third-order valence-electron chi connectivity index (χ3n) is 4.85. The van der Waals surface area contributed by atoms with Gasteiger partial charge < -0.3 is 9.29 Å². The Kier molecular flexibility index (Phi) is 5.00. The molecule has 4 heteroatoms. The summed E-state index contributed by atoms with van der Waals surface area (Å²) in [5.41, 5.74) is 2.64. The van der Waals surface area contributed by atoms with Crippen molar-refractivity contribution in [2.24, 2.45) is 0 Å². The highest BCUT2D eigenvalue weighted by Gasteiger charge is 2.42. The van der Waals surface area contributed by atoms with Gasteiger partial charge in [-0.15, -0.1) is 0 Å². The summed E-state index contributed by atoms with van der Waals surface area (Å²) >= 11 is -1.04. The van der Waals surface area contributed by atoms with Crippen molar-refractivity contribution in [3.63, 3.8) is 0 Å². The van der Waals surface area contributed by atoms with E-state index in [1.807, 2.05) is 36.4 Å². The van der Waals surface area contributed by atoms with E-state index < -0.39 is 16.8 Å². The van der Waals surface area contributed by atoms with Gasteiger partial charge in [0.2, 0.25) is 5.78 Å². The van der Waals surface area contributed by atoms with Crippen LogP contribution in [0.5, 0.6) is 0 Å². The van der Waals surface area contributed by atoms with Crippen molar-refractivity contribution >= 4 is 28.3 Å². The summed E-state index contributed by atoms with van der Waals surface area (Å²) in [5.74, 6) is 0.561. The largest absolute Gasteiger partial charge is 0.612 e. The van der Waals surface area contributed by atoms with E-state index in [2.05, 4.69) is 32.9 Å². The Morgan fingerprint density at radius 3 is 1.93 bits per heavy atom. The summed E-state index contributed by atoms with van der Waals surface area (Å²) in [6, 6.07) is 15.5. The molecule has 1 aliphatic heterocycles. The Morgan fingerprint density at radius 2 is 1.44 bits per heavy atom. The Bertz CT molecular complexity index is 883. The van der Waals surface area contributed by atoms with Gasteiger partial charge in [0, 0.05) is 5.56 Å². The molecule has 27 heavy (non-hydrogen) atoms. The van der Waals surface area contributed by atoms with E-state index in [9.17, 15) is 9.35 Å². The summed E-state index contributed by atoms with van der Waals surface area (Å²) in [6.45, 7) is 10.1. The van der Waals surface area contributed by atoms with Crippen molar-refractivity contribution in [3.8, 4) is 0 Å². The topological polar surface area (TPSA) is 49.4 Å². The van der Waals surface area contributed by atoms with Crippen LogP contribution in [0.3, 0.4) is 0 Å². The second kappa shape index (κ2) is 6.84. The third kappa shape index (κ3) is 3.83. The Labute approximate surface area is 164 Å². The summed E-state index contributed by atoms with van der Waals surface area (Å²) in [5, 5.41) is 0. The smallest absolute Gasteiger partial charge is 0.210 e. The van der Waals surface area contributed by atoms with E-state index in [-0.39, 0.29) is 11.2 Å². The second-order valence-electron chi connectivity index (χ2n) is 8.45. The molecular formula is C23H26O3S. The monoisotopic (exact) mass is 382 g/mol. The number of benzene rings is 2. The predicted molar refractivity (Wildman–Crippen MR) is 111 cm³/mol. The highest BCUT2D eigenvalue weighted by Crippen LogP contribution is 2.41. The van der Waals surface area contributed by atoms with Crippen molar-refractivity contribution in [1.82, 2.24) is 0 Å². The summed E-state index contributed by atoms with van der Waals surface area (Å²) in [6.07, 6.45) is 1.65. The molecule has 142 valence electrons. The predicted octanol–water partition coefficient (Wildman–Crippen LogP) is 4.97. The van der Waals surface area contributed by atoms with Gasteiger partial charge in [0.25, 0.3) is 0 Å². The van der Waals surface area contributed by atoms with Gasteiger partial charge in [-0.05, 0) is 65.8 Å². The van der Waals surface area contributed by atoms with Gasteiger partial charge in [-0.1, -0.05) is 45.0 Å². The Hall–Kier alpha value is -2.04. The number of ether oxygens (including phenoxy) is 1. The summed E-state index contributed by atoms with van der Waals surface area (Å²) in [7, 11) is 0. The molecule has 1 atom stereocenters. The molecule has 0 aromatic heterocycles. The molecule has 0 aliphatic carbocycles. The minimum Gasteiger partial charge on any atom is -0.612 e. The van der Waals surface area contributed by atoms with E-state index >= 15 is 0 Å². The third-order valence-corrected chi connectivity index (χ3v) is 5.78. The number of carbonyl (C=O) groups is 1. The van der Waals surface area contributed by atoms with E-state index in [1.165, 1.54) is 5.56 Å². The molecule has 0 amide bonds. The minimum atomic E-state index is -1.04. The fraction of sp³-hybridized carbons (Fsp3) is 0.348. The molecule has 2 aromatic rings. The first-order valence-electron chi connectivity index (χ1n) is 9.03. The molecule has 0 bridgehead atoms. The molecule has 1 heterocycles. The lowest BCUT2D eigenvalue weighted by molar-refractivity contribution is -0.125. The van der Waals surface area contributed by atoms with Crippen LogP contribution in [0.15, 0.2) is 53.4 Å². The first-order chi connectivity index (χ1) is 12.5. The van der Waals surface area contributed by atoms with Crippen LogP contribution in [-0.2, 0) is 26.1 Å². The zero-order chi connectivity index (χ0) is 20.0. The highest BCUT2D eigenvalue weighted by atomic mass is 32.2. The lowest BCUT2D eigenvalue weighted by Gasteiger charge is -2.19. The van der Waals surface area contributed by atoms with Crippen LogP contribution in [0.25, 0.3) is 11.3 Å². The van der Waals surface area contributed by atoms with Gasteiger partial charge in [-0.2, -0.15) is 0 Å². The number of ketones is 1. The molecular weight excluding hydrogens is 356 g/mol. The molecule has 3 nitrogen and oxygen atoms in total. The second-order valence-corrected chi connectivity index (χ2v) is 9.83. The van der Waals surface area contributed by atoms with Crippen LogP contribution in [0.4, 0.5) is 0 Å². The van der Waals surface area contributed by atoms with Gasteiger partial charge in [0.1, 0.15) is 12.0 Å². The van der Waals surface area contributed by atoms with E-state index in [4.69, 9.17) is 4.74 Å². The van der Waals surface area contributed by atoms with Crippen LogP contribution in [-0.4, -0.2) is 22.2 Å². The van der Waals surface area contributed by atoms with Crippen molar-refractivity contribution < 1.29 is 14.1 Å². The molecule has 1 aliphatic rings. The van der Waals surface area contributed by atoms with Crippen LogP contribution in [0.2, 0.25) is 0 Å². The molecule has 0 fully saturated rings. The number of rotatable bonds is 3. The van der Waals surface area contributed by atoms with E-state index in [1.54, 1.807) is 20.1 Å². The lowest BCUT2D eigenvalue weighted by atomic mass is 9.85. The fourth-order valence-corrected chi connectivity index (χ4v) is 3.68. The van der Waals surface area contributed by atoms with Gasteiger partial charge in [-0.25, -0.2) is 0 Å². The highest BCUT2D eigenvalue weighted by molar-refractivity contribution is 7.90. The van der Waals surface area contributed by atoms with E-state index in [0.29, 0.717) is 11.3 Å². The zero-order valence-electron chi connectivity index (χ0n) is 16.8. The van der Waals surface area contributed by atoms with Gasteiger partial charge in [-0.3, -0.25) is 4.79 Å². The van der Waals surface area contributed by atoms with Crippen molar-refractivity contribution in [3.05, 3.63) is 65.2 Å². The number of hydrogen-bond donors (Lipinski definition) is 0. The lowest BCUT2D eigenvalue weighted by Crippen LogP contribution is -2.29. The Balaban J connectivity index is 2.09. The van der Waals surface area contributed by atoms with Crippen LogP contribution in [0, 0.1) is 0 Å². The van der Waals surface area contributed by atoms with Gasteiger partial charge >= 0.3 is 0 Å². The molecule has 0 saturated heterocycles. The Morgan fingerprint density at radius 1 is 0.926 bits per heavy atom. The van der Waals surface area contributed by atoms with Crippen molar-refractivity contribution in [1.29, 1.82) is 0 Å². The van der Waals surface area contributed by atoms with Crippen LogP contribution >= 0.6 is 0 Å². The first kappa shape index (κ1) is 19.7. The number of hydrogen-bond acceptors (Lipinski definition) is 3. The van der Waals surface area contributed by atoms with Crippen LogP contribution < -0.4 is 0 Å². The fourth-order valence-electron chi connectivity index (χ4n) is 3.16. The molecule has 0 radical (unpaired) electrons. The standard InChI is InChI=1S/C23H26O3S/c1-22(2,3)17-11-7-15(8-12-17)19-20(26-23(4,5)21(19)24)16-9-13-18(14-10-16)27(6)25/h7-14H,1-6H3. The average molecular weight is 383 g/mol. The maximum atomic E-state index is 13.0. The number of Topliss-reactive ketones (excluding diaryl/α,β-unsaturated/α-hetero) is 1. The molecule has 0 N–H and O–H groups in total. The van der Waals surface area contributed by atoms with Crippen molar-refractivity contribution in [2.75, 3.05) is 6.26 Å². The van der Waals surface area contributed by atoms with Crippen molar-refractivity contribution in [2.45, 2.75) is 50.5 Å². The molecule has 0 spiro atoms. The molecule has 1 unspecified atom stereocenters. The molecule has 0 saturated carbocycles. The minimum absolute atomic E-state index is 0.0239. The quantitative estimate of drug-likeness (QED) is 0.705. The maximum Gasteiger partial charge on any atom is 0.210 e. The number of carbonyl (C=O) groups excluding carboxylic acids is 1. The SMILES string of the molecule is C[S+]([O-])c1ccc(C2=C(c3ccc(C(C)(C)C)cc3)C(=O)C(C)(C)O2)cc1. The zero-order valence-corrected chi connectivity index (χ0v) is 17.6. The van der Waals surface area contributed by atoms with Crippen LogP contribution in [0.1, 0.15) is 51.3 Å². The normalized spacial score (nSPS) is 17.8. The van der Waals surface area contributed by atoms with Gasteiger partial charge in [0.05, 0.1) is 5.57 Å². The maximum absolute atomic E-state index is 13.0. The summed E-state index contributed by atoms with van der Waals surface area (Å²) < 4.78 is 17.7.